The molecule has 0 unspecified atom stereocenters. The molecule has 1 aliphatic heterocycles. The molecule has 0 aromatic heterocycles. The van der Waals surface area contributed by atoms with Crippen molar-refractivity contribution in [3.8, 4) is 11.1 Å². The number of rotatable bonds is 6. The molecule has 1 saturated heterocycles. The fourth-order valence-electron chi connectivity index (χ4n) is 3.24. The third-order valence-corrected chi connectivity index (χ3v) is 4.86. The van der Waals surface area contributed by atoms with E-state index in [9.17, 15) is 0 Å². The van der Waals surface area contributed by atoms with Gasteiger partial charge in [0.2, 0.25) is 0 Å². The van der Waals surface area contributed by atoms with Gasteiger partial charge in [0, 0.05) is 19.1 Å². The first-order chi connectivity index (χ1) is 13.0. The molecule has 0 atom stereocenters. The van der Waals surface area contributed by atoms with E-state index in [2.05, 4.69) is 66.5 Å². The summed E-state index contributed by atoms with van der Waals surface area (Å²) in [7, 11) is 0. The van der Waals surface area contributed by atoms with E-state index in [0.717, 1.165) is 59.0 Å². The Bertz CT molecular complexity index is 878. The van der Waals surface area contributed by atoms with Gasteiger partial charge in [-0.2, -0.15) is 0 Å². The molecule has 0 radical (unpaired) electrons. The second kappa shape index (κ2) is 8.29. The summed E-state index contributed by atoms with van der Waals surface area (Å²) in [5.41, 5.74) is 17.8. The topological polar surface area (TPSA) is 80.0 Å². The minimum absolute atomic E-state index is 0.222. The molecular weight excluding hydrogens is 334 g/mol. The van der Waals surface area contributed by atoms with Crippen molar-refractivity contribution in [2.45, 2.75) is 19.4 Å². The molecule has 3 rings (SSSR count). The van der Waals surface area contributed by atoms with Gasteiger partial charge in [-0.15, -0.1) is 0 Å². The Morgan fingerprint density at radius 2 is 1.85 bits per heavy atom. The standard InChI is InChI=1S/C22H27N5/c1-4-22(27-13-19(24)14-27)26-20-11-17(6-5-15(20)2)18-8-7-16(9-10-23)21(12-18)25-3/h4-8,11-12,19H,1,3,9-10,13-14,23-24H2,2H3. The Labute approximate surface area is 161 Å². The predicted octanol–water partition coefficient (Wildman–Crippen LogP) is 3.35. The molecule has 140 valence electrons. The van der Waals surface area contributed by atoms with Crippen LogP contribution in [0.4, 0.5) is 11.4 Å². The molecule has 1 fully saturated rings. The number of aliphatic imine (C=N–C) groups is 2. The highest BCUT2D eigenvalue weighted by atomic mass is 15.3. The van der Waals surface area contributed by atoms with Crippen LogP contribution in [0, 0.1) is 6.92 Å². The second-order valence-electron chi connectivity index (χ2n) is 6.88. The van der Waals surface area contributed by atoms with Gasteiger partial charge in [-0.05, 0) is 67.1 Å². The van der Waals surface area contributed by atoms with Crippen LogP contribution in [-0.4, -0.2) is 43.1 Å². The lowest BCUT2D eigenvalue weighted by molar-refractivity contribution is 0.256. The molecule has 0 amide bonds. The second-order valence-corrected chi connectivity index (χ2v) is 6.88. The van der Waals surface area contributed by atoms with E-state index < -0.39 is 0 Å². The van der Waals surface area contributed by atoms with Crippen molar-refractivity contribution in [1.82, 2.24) is 4.90 Å². The summed E-state index contributed by atoms with van der Waals surface area (Å²) >= 11 is 0. The summed E-state index contributed by atoms with van der Waals surface area (Å²) in [5, 5.41) is 0. The highest BCUT2D eigenvalue weighted by molar-refractivity contribution is 5.95. The van der Waals surface area contributed by atoms with Crippen LogP contribution in [0.25, 0.3) is 11.1 Å². The van der Waals surface area contributed by atoms with E-state index in [4.69, 9.17) is 16.5 Å². The number of hydrogen-bond acceptors (Lipinski definition) is 4. The third kappa shape index (κ3) is 4.15. The first-order valence-electron chi connectivity index (χ1n) is 9.18. The maximum atomic E-state index is 5.89. The average molecular weight is 361 g/mol. The smallest absolute Gasteiger partial charge is 0.128 e. The first-order valence-corrected chi connectivity index (χ1v) is 9.18. The number of benzene rings is 2. The zero-order valence-electron chi connectivity index (χ0n) is 15.9. The summed E-state index contributed by atoms with van der Waals surface area (Å²) < 4.78 is 0. The minimum Gasteiger partial charge on any atom is -0.353 e. The van der Waals surface area contributed by atoms with E-state index in [1.165, 1.54) is 0 Å². The number of nitrogens with zero attached hydrogens (tertiary/aromatic N) is 3. The molecule has 2 aromatic rings. The summed E-state index contributed by atoms with van der Waals surface area (Å²) in [6.45, 7) is 11.9. The van der Waals surface area contributed by atoms with E-state index in [0.29, 0.717) is 6.54 Å². The fourth-order valence-corrected chi connectivity index (χ4v) is 3.24. The lowest BCUT2D eigenvalue weighted by Gasteiger charge is -2.38. The molecule has 0 aliphatic carbocycles. The molecule has 0 spiro atoms. The van der Waals surface area contributed by atoms with Crippen molar-refractivity contribution in [2.24, 2.45) is 21.5 Å². The molecule has 0 bridgehead atoms. The maximum Gasteiger partial charge on any atom is 0.128 e. The Morgan fingerprint density at radius 3 is 2.44 bits per heavy atom. The van der Waals surface area contributed by atoms with Gasteiger partial charge in [0.15, 0.2) is 0 Å². The van der Waals surface area contributed by atoms with Crippen molar-refractivity contribution < 1.29 is 0 Å². The van der Waals surface area contributed by atoms with Gasteiger partial charge in [0.25, 0.3) is 0 Å². The summed E-state index contributed by atoms with van der Waals surface area (Å²) in [4.78, 5) is 11.1. The Hall–Kier alpha value is -2.76. The van der Waals surface area contributed by atoms with Crippen LogP contribution < -0.4 is 11.5 Å². The van der Waals surface area contributed by atoms with Crippen molar-refractivity contribution in [3.05, 3.63) is 60.2 Å². The summed E-state index contributed by atoms with van der Waals surface area (Å²) in [5.74, 6) is 0.865. The fraction of sp³-hybridized carbons (Fsp3) is 0.273. The van der Waals surface area contributed by atoms with Gasteiger partial charge in [0.05, 0.1) is 11.4 Å². The monoisotopic (exact) mass is 361 g/mol. The van der Waals surface area contributed by atoms with Crippen LogP contribution >= 0.6 is 0 Å². The molecule has 5 heteroatoms. The van der Waals surface area contributed by atoms with Gasteiger partial charge in [-0.25, -0.2) is 4.99 Å². The van der Waals surface area contributed by atoms with E-state index in [1.807, 2.05) is 0 Å². The van der Waals surface area contributed by atoms with Gasteiger partial charge in [-0.3, -0.25) is 4.99 Å². The Balaban J connectivity index is 1.95. The quantitative estimate of drug-likeness (QED) is 0.611. The van der Waals surface area contributed by atoms with Crippen LogP contribution in [0.15, 0.2) is 59.0 Å². The van der Waals surface area contributed by atoms with Crippen LogP contribution in [0.5, 0.6) is 0 Å². The summed E-state index contributed by atoms with van der Waals surface area (Å²) in [6, 6.07) is 12.7. The maximum absolute atomic E-state index is 5.89. The number of amidine groups is 1. The van der Waals surface area contributed by atoms with Crippen molar-refractivity contribution >= 4 is 23.9 Å². The number of nitrogens with two attached hydrogens (primary N) is 2. The van der Waals surface area contributed by atoms with Gasteiger partial charge in [-0.1, -0.05) is 30.8 Å². The lowest BCUT2D eigenvalue weighted by atomic mass is 9.99. The van der Waals surface area contributed by atoms with Crippen molar-refractivity contribution in [2.75, 3.05) is 19.6 Å². The zero-order chi connectivity index (χ0) is 19.4. The molecule has 1 aliphatic rings. The molecule has 27 heavy (non-hydrogen) atoms. The first kappa shape index (κ1) is 19.0. The van der Waals surface area contributed by atoms with Crippen LogP contribution in [0.1, 0.15) is 11.1 Å². The van der Waals surface area contributed by atoms with E-state index in [1.54, 1.807) is 6.08 Å². The molecular formula is C22H27N5. The SMILES string of the molecule is C=CC(=Nc1cc(-c2ccc(CCN)c(N=C)c2)ccc1C)N1CC(N)C1. The highest BCUT2D eigenvalue weighted by Gasteiger charge is 2.24. The average Bonchev–Trinajstić information content (AvgIpc) is 2.66. The minimum atomic E-state index is 0.222. The highest BCUT2D eigenvalue weighted by Crippen LogP contribution is 2.31. The largest absolute Gasteiger partial charge is 0.353 e. The molecule has 1 heterocycles. The molecule has 4 N–H and O–H groups in total. The van der Waals surface area contributed by atoms with E-state index >= 15 is 0 Å². The van der Waals surface area contributed by atoms with Crippen LogP contribution in [0.2, 0.25) is 0 Å². The summed E-state index contributed by atoms with van der Waals surface area (Å²) in [6.07, 6.45) is 2.58. The molecule has 0 saturated carbocycles. The van der Waals surface area contributed by atoms with Gasteiger partial charge < -0.3 is 16.4 Å². The zero-order valence-corrected chi connectivity index (χ0v) is 15.9. The van der Waals surface area contributed by atoms with E-state index in [-0.39, 0.29) is 6.04 Å². The normalized spacial score (nSPS) is 14.8. The van der Waals surface area contributed by atoms with Gasteiger partial charge in [0.1, 0.15) is 5.84 Å². The number of aryl methyl sites for hydroxylation is 1. The van der Waals surface area contributed by atoms with Crippen molar-refractivity contribution in [3.63, 3.8) is 0 Å². The van der Waals surface area contributed by atoms with Crippen molar-refractivity contribution in [1.29, 1.82) is 0 Å². The van der Waals surface area contributed by atoms with Crippen LogP contribution in [-0.2, 0) is 6.42 Å². The number of hydrogen-bond donors (Lipinski definition) is 2. The predicted molar refractivity (Wildman–Crippen MR) is 115 cm³/mol. The number of likely N-dealkylation sites (tertiary alicyclic amines) is 1. The Kier molecular flexibility index (Phi) is 5.84. The molecule has 2 aromatic carbocycles. The van der Waals surface area contributed by atoms with Gasteiger partial charge >= 0.3 is 0 Å². The molecule has 5 nitrogen and oxygen atoms in total. The van der Waals surface area contributed by atoms with Crippen LogP contribution in [0.3, 0.4) is 0 Å². The lowest BCUT2D eigenvalue weighted by Crippen LogP contribution is -2.57. The Morgan fingerprint density at radius 1 is 1.19 bits per heavy atom. The third-order valence-electron chi connectivity index (χ3n) is 4.86.